The molecule has 0 radical (unpaired) electrons. The van der Waals surface area contributed by atoms with Crippen molar-refractivity contribution in [3.05, 3.63) is 41.1 Å². The van der Waals surface area contributed by atoms with E-state index in [0.29, 0.717) is 32.7 Å². The standard InChI is InChI=1S/C27H37N7O2/c1-19-5-6-23(15-20(19)2)34-18-22(17-25(34)35)26(36)32-11-13-33(14-12-32)27-28-21(3)16-24(29-27)31-9-7-30(4)8-10-31/h5-6,15-16,22H,7-14,17-18H2,1-4H3. The molecule has 0 N–H and O–H groups in total. The average Bonchev–Trinajstić information content (AvgIpc) is 3.27. The number of hydrogen-bond donors (Lipinski definition) is 0. The maximum atomic E-state index is 13.3. The van der Waals surface area contributed by atoms with Gasteiger partial charge in [-0.3, -0.25) is 9.59 Å². The number of aryl methyl sites for hydroxylation is 3. The third kappa shape index (κ3) is 5.02. The molecule has 0 bridgehead atoms. The molecule has 1 atom stereocenters. The van der Waals surface area contributed by atoms with Crippen LogP contribution in [0, 0.1) is 26.7 Å². The number of carbonyl (C=O) groups excluding carboxylic acids is 2. The van der Waals surface area contributed by atoms with E-state index in [9.17, 15) is 9.59 Å². The lowest BCUT2D eigenvalue weighted by Gasteiger charge is -2.37. The van der Waals surface area contributed by atoms with Gasteiger partial charge in [0.15, 0.2) is 0 Å². The molecule has 1 unspecified atom stereocenters. The number of nitrogens with zero attached hydrogens (tertiary/aromatic N) is 7. The SMILES string of the molecule is Cc1cc(N2CCN(C)CC2)nc(N2CCN(C(=O)C3CC(=O)N(c4ccc(C)c(C)c4)C3)CC2)n1. The number of benzene rings is 1. The molecular weight excluding hydrogens is 454 g/mol. The zero-order chi connectivity index (χ0) is 25.4. The van der Waals surface area contributed by atoms with E-state index in [1.54, 1.807) is 4.90 Å². The topological polar surface area (TPSA) is 76.1 Å². The molecule has 1 aromatic heterocycles. The Labute approximate surface area is 213 Å². The second-order valence-electron chi connectivity index (χ2n) is 10.4. The van der Waals surface area contributed by atoms with E-state index in [1.807, 2.05) is 36.9 Å². The minimum Gasteiger partial charge on any atom is -0.354 e. The van der Waals surface area contributed by atoms with Crippen molar-refractivity contribution in [2.75, 3.05) is 80.7 Å². The van der Waals surface area contributed by atoms with Gasteiger partial charge in [0, 0.05) is 82.8 Å². The molecule has 3 saturated heterocycles. The molecule has 36 heavy (non-hydrogen) atoms. The maximum absolute atomic E-state index is 13.3. The molecule has 192 valence electrons. The summed E-state index contributed by atoms with van der Waals surface area (Å²) in [6.45, 7) is 13.2. The molecule has 3 fully saturated rings. The van der Waals surface area contributed by atoms with Gasteiger partial charge in [-0.15, -0.1) is 0 Å². The van der Waals surface area contributed by atoms with E-state index in [0.717, 1.165) is 54.9 Å². The summed E-state index contributed by atoms with van der Waals surface area (Å²) >= 11 is 0. The van der Waals surface area contributed by atoms with Crippen LogP contribution in [0.15, 0.2) is 24.3 Å². The lowest BCUT2D eigenvalue weighted by atomic mass is 10.1. The number of aromatic nitrogens is 2. The van der Waals surface area contributed by atoms with Gasteiger partial charge in [-0.2, -0.15) is 4.98 Å². The van der Waals surface area contributed by atoms with Crippen LogP contribution in [-0.4, -0.2) is 97.5 Å². The van der Waals surface area contributed by atoms with E-state index in [4.69, 9.17) is 9.97 Å². The molecule has 3 aliphatic heterocycles. The molecule has 9 heteroatoms. The third-order valence-corrected chi connectivity index (χ3v) is 7.81. The van der Waals surface area contributed by atoms with Gasteiger partial charge in [0.05, 0.1) is 5.92 Å². The minimum atomic E-state index is -0.287. The Bertz CT molecular complexity index is 1140. The maximum Gasteiger partial charge on any atom is 0.228 e. The Balaban J connectivity index is 1.20. The van der Waals surface area contributed by atoms with Crippen LogP contribution in [0.2, 0.25) is 0 Å². The highest BCUT2D eigenvalue weighted by Crippen LogP contribution is 2.28. The third-order valence-electron chi connectivity index (χ3n) is 7.81. The number of carbonyl (C=O) groups is 2. The molecule has 0 spiro atoms. The number of hydrogen-bond acceptors (Lipinski definition) is 7. The van der Waals surface area contributed by atoms with Crippen LogP contribution >= 0.6 is 0 Å². The molecule has 5 rings (SSSR count). The van der Waals surface area contributed by atoms with Gasteiger partial charge in [-0.1, -0.05) is 6.07 Å². The molecule has 2 amide bonds. The molecule has 9 nitrogen and oxygen atoms in total. The Morgan fingerprint density at radius 1 is 0.861 bits per heavy atom. The smallest absolute Gasteiger partial charge is 0.228 e. The molecular formula is C27H37N7O2. The Morgan fingerprint density at radius 2 is 1.56 bits per heavy atom. The van der Waals surface area contributed by atoms with Gasteiger partial charge in [-0.25, -0.2) is 4.98 Å². The highest BCUT2D eigenvalue weighted by molar-refractivity contribution is 6.00. The van der Waals surface area contributed by atoms with E-state index in [1.165, 1.54) is 5.56 Å². The average molecular weight is 492 g/mol. The first-order valence-corrected chi connectivity index (χ1v) is 13.0. The van der Waals surface area contributed by atoms with Gasteiger partial charge in [0.1, 0.15) is 5.82 Å². The minimum absolute atomic E-state index is 0.0276. The van der Waals surface area contributed by atoms with Crippen LogP contribution in [0.3, 0.4) is 0 Å². The van der Waals surface area contributed by atoms with E-state index in [2.05, 4.69) is 34.7 Å². The van der Waals surface area contributed by atoms with Gasteiger partial charge in [0.2, 0.25) is 17.8 Å². The number of anilines is 3. The predicted octanol–water partition coefficient (Wildman–Crippen LogP) is 1.86. The van der Waals surface area contributed by atoms with Crippen LogP contribution in [0.4, 0.5) is 17.5 Å². The Kier molecular flexibility index (Phi) is 6.83. The first-order chi connectivity index (χ1) is 17.3. The first-order valence-electron chi connectivity index (χ1n) is 13.0. The normalized spacial score (nSPS) is 21.4. The van der Waals surface area contributed by atoms with E-state index in [-0.39, 0.29) is 24.2 Å². The summed E-state index contributed by atoms with van der Waals surface area (Å²) < 4.78 is 0. The van der Waals surface area contributed by atoms with E-state index >= 15 is 0 Å². The number of likely N-dealkylation sites (N-methyl/N-ethyl adjacent to an activating group) is 1. The van der Waals surface area contributed by atoms with Crippen molar-refractivity contribution in [2.45, 2.75) is 27.2 Å². The molecule has 0 saturated carbocycles. The summed E-state index contributed by atoms with van der Waals surface area (Å²) in [6, 6.07) is 8.11. The second-order valence-corrected chi connectivity index (χ2v) is 10.4. The first kappa shape index (κ1) is 24.5. The van der Waals surface area contributed by atoms with Crippen molar-refractivity contribution in [1.82, 2.24) is 19.8 Å². The van der Waals surface area contributed by atoms with Crippen LogP contribution in [0.25, 0.3) is 0 Å². The molecule has 3 aliphatic rings. The van der Waals surface area contributed by atoms with Gasteiger partial charge >= 0.3 is 0 Å². The Hall–Kier alpha value is -3.20. The van der Waals surface area contributed by atoms with Crippen LogP contribution in [0.5, 0.6) is 0 Å². The fourth-order valence-corrected chi connectivity index (χ4v) is 5.28. The quantitative estimate of drug-likeness (QED) is 0.646. The lowest BCUT2D eigenvalue weighted by molar-refractivity contribution is -0.136. The molecule has 0 aliphatic carbocycles. The fraction of sp³-hybridized carbons (Fsp3) is 0.556. The highest BCUT2D eigenvalue weighted by atomic mass is 16.2. The van der Waals surface area contributed by atoms with Crippen molar-refractivity contribution in [2.24, 2.45) is 5.92 Å². The Morgan fingerprint density at radius 3 is 2.25 bits per heavy atom. The van der Waals surface area contributed by atoms with Gasteiger partial charge < -0.3 is 24.5 Å². The van der Waals surface area contributed by atoms with E-state index < -0.39 is 0 Å². The van der Waals surface area contributed by atoms with Crippen molar-refractivity contribution in [1.29, 1.82) is 0 Å². The largest absolute Gasteiger partial charge is 0.354 e. The number of amides is 2. The van der Waals surface area contributed by atoms with Crippen LogP contribution in [-0.2, 0) is 9.59 Å². The molecule has 2 aromatic rings. The van der Waals surface area contributed by atoms with Gasteiger partial charge in [0.25, 0.3) is 0 Å². The fourth-order valence-electron chi connectivity index (χ4n) is 5.28. The zero-order valence-electron chi connectivity index (χ0n) is 21.9. The van der Waals surface area contributed by atoms with Crippen molar-refractivity contribution in [3.63, 3.8) is 0 Å². The summed E-state index contributed by atoms with van der Waals surface area (Å²) in [4.78, 5) is 46.2. The summed E-state index contributed by atoms with van der Waals surface area (Å²) in [5.41, 5.74) is 4.20. The number of rotatable bonds is 4. The second kappa shape index (κ2) is 10.0. The summed E-state index contributed by atoms with van der Waals surface area (Å²) in [5.74, 6) is 1.55. The summed E-state index contributed by atoms with van der Waals surface area (Å²) in [5, 5.41) is 0. The highest BCUT2D eigenvalue weighted by Gasteiger charge is 2.38. The predicted molar refractivity (Wildman–Crippen MR) is 142 cm³/mol. The molecule has 1 aromatic carbocycles. The van der Waals surface area contributed by atoms with Crippen molar-refractivity contribution < 1.29 is 9.59 Å². The van der Waals surface area contributed by atoms with Crippen LogP contribution < -0.4 is 14.7 Å². The monoisotopic (exact) mass is 491 g/mol. The molecule has 4 heterocycles. The van der Waals surface area contributed by atoms with Crippen molar-refractivity contribution in [3.8, 4) is 0 Å². The zero-order valence-corrected chi connectivity index (χ0v) is 21.9. The lowest BCUT2D eigenvalue weighted by Crippen LogP contribution is -2.51. The van der Waals surface area contributed by atoms with Gasteiger partial charge in [-0.05, 0) is 51.1 Å². The summed E-state index contributed by atoms with van der Waals surface area (Å²) in [7, 11) is 2.15. The van der Waals surface area contributed by atoms with Crippen molar-refractivity contribution >= 4 is 29.3 Å². The number of piperazine rings is 2. The summed E-state index contributed by atoms with van der Waals surface area (Å²) in [6.07, 6.45) is 0.279. The van der Waals surface area contributed by atoms with Crippen LogP contribution in [0.1, 0.15) is 23.2 Å².